The number of hydrogen-bond acceptors (Lipinski definition) is 3. The van der Waals surface area contributed by atoms with Crippen molar-refractivity contribution in [3.8, 4) is 0 Å². The van der Waals surface area contributed by atoms with Crippen molar-refractivity contribution < 1.29 is 13.5 Å². The monoisotopic (exact) mass is 454 g/mol. The summed E-state index contributed by atoms with van der Waals surface area (Å²) < 4.78 is 32.5. The number of hydrogen-bond donors (Lipinski definition) is 2. The summed E-state index contributed by atoms with van der Waals surface area (Å²) >= 11 is 0. The van der Waals surface area contributed by atoms with Crippen molar-refractivity contribution in [3.05, 3.63) is 35.4 Å². The first-order valence-electron chi connectivity index (χ1n) is 7.84. The van der Waals surface area contributed by atoms with Gasteiger partial charge >= 0.3 is 0 Å². The summed E-state index contributed by atoms with van der Waals surface area (Å²) in [5, 5.41) is 6.28. The largest absolute Gasteiger partial charge is 0.374 e. The summed E-state index contributed by atoms with van der Waals surface area (Å²) in [6.45, 7) is 5.82. The first-order valence-corrected chi connectivity index (χ1v) is 7.84. The highest BCUT2D eigenvalue weighted by molar-refractivity contribution is 14.0. The molecule has 0 radical (unpaired) electrons. The van der Waals surface area contributed by atoms with Crippen LogP contribution in [0.15, 0.2) is 23.2 Å². The van der Waals surface area contributed by atoms with E-state index >= 15 is 0 Å². The van der Waals surface area contributed by atoms with E-state index < -0.39 is 11.6 Å². The number of nitrogens with one attached hydrogen (secondary N) is 2. The smallest absolute Gasteiger partial charge is 0.191 e. The number of rotatable bonds is 5. The predicted molar refractivity (Wildman–Crippen MR) is 102 cm³/mol. The van der Waals surface area contributed by atoms with Crippen LogP contribution in [0.25, 0.3) is 0 Å². The van der Waals surface area contributed by atoms with Crippen molar-refractivity contribution in [2.24, 2.45) is 4.99 Å². The van der Waals surface area contributed by atoms with Gasteiger partial charge in [-0.15, -0.1) is 24.0 Å². The highest BCUT2D eigenvalue weighted by Crippen LogP contribution is 2.10. The number of halogens is 3. The van der Waals surface area contributed by atoms with Crippen LogP contribution in [0.2, 0.25) is 0 Å². The molecule has 5 nitrogen and oxygen atoms in total. The van der Waals surface area contributed by atoms with Crippen LogP contribution < -0.4 is 10.6 Å². The molecule has 1 unspecified atom stereocenters. The van der Waals surface area contributed by atoms with E-state index in [0.29, 0.717) is 25.7 Å². The Morgan fingerprint density at radius 2 is 2.17 bits per heavy atom. The topological polar surface area (TPSA) is 48.9 Å². The van der Waals surface area contributed by atoms with E-state index in [1.54, 1.807) is 0 Å². The third-order valence-corrected chi connectivity index (χ3v) is 3.60. The zero-order chi connectivity index (χ0) is 16.7. The molecular formula is C16H25F2IN4O. The number of benzene rings is 1. The van der Waals surface area contributed by atoms with Gasteiger partial charge in [0.2, 0.25) is 0 Å². The average molecular weight is 454 g/mol. The summed E-state index contributed by atoms with van der Waals surface area (Å²) in [6.07, 6.45) is 0.0866. The molecule has 1 heterocycles. The fourth-order valence-electron chi connectivity index (χ4n) is 2.37. The second-order valence-corrected chi connectivity index (χ2v) is 5.57. The van der Waals surface area contributed by atoms with Crippen LogP contribution in [0, 0.1) is 11.6 Å². The van der Waals surface area contributed by atoms with E-state index in [1.807, 2.05) is 6.92 Å². The van der Waals surface area contributed by atoms with Crippen molar-refractivity contribution in [1.29, 1.82) is 0 Å². The maximum absolute atomic E-state index is 13.6. The molecule has 1 atom stereocenters. The molecule has 1 aliphatic rings. The minimum Gasteiger partial charge on any atom is -0.374 e. The van der Waals surface area contributed by atoms with Crippen molar-refractivity contribution in [1.82, 2.24) is 15.5 Å². The van der Waals surface area contributed by atoms with E-state index in [1.165, 1.54) is 6.07 Å². The lowest BCUT2D eigenvalue weighted by Gasteiger charge is -2.30. The number of ether oxygens (including phenoxy) is 1. The molecule has 1 saturated heterocycles. The Morgan fingerprint density at radius 3 is 2.88 bits per heavy atom. The Hall–Kier alpha value is -1.00. The molecule has 136 valence electrons. The van der Waals surface area contributed by atoms with Crippen LogP contribution in [-0.2, 0) is 11.3 Å². The van der Waals surface area contributed by atoms with Crippen LogP contribution in [0.1, 0.15) is 12.5 Å². The zero-order valence-electron chi connectivity index (χ0n) is 14.0. The fourth-order valence-corrected chi connectivity index (χ4v) is 2.37. The Bertz CT molecular complexity index is 545. The predicted octanol–water partition coefficient (Wildman–Crippen LogP) is 1.97. The highest BCUT2D eigenvalue weighted by atomic mass is 127. The van der Waals surface area contributed by atoms with E-state index in [9.17, 15) is 8.78 Å². The molecule has 0 saturated carbocycles. The first-order chi connectivity index (χ1) is 11.1. The number of guanidine groups is 1. The number of morpholine rings is 1. The second kappa shape index (κ2) is 10.8. The summed E-state index contributed by atoms with van der Waals surface area (Å²) in [4.78, 5) is 6.52. The van der Waals surface area contributed by atoms with Crippen LogP contribution in [-0.4, -0.2) is 56.8 Å². The van der Waals surface area contributed by atoms with E-state index in [4.69, 9.17) is 4.74 Å². The SMILES string of the molecule is CCNC(=NCc1cc(F)ccc1F)NCC1CN(C)CCO1.I. The summed E-state index contributed by atoms with van der Waals surface area (Å²) in [5.41, 5.74) is 0.232. The lowest BCUT2D eigenvalue weighted by atomic mass is 10.2. The molecule has 0 spiro atoms. The maximum atomic E-state index is 13.6. The normalized spacial score (nSPS) is 18.8. The summed E-state index contributed by atoms with van der Waals surface area (Å²) in [6, 6.07) is 3.39. The lowest BCUT2D eigenvalue weighted by Crippen LogP contribution is -2.48. The molecule has 2 N–H and O–H groups in total. The van der Waals surface area contributed by atoms with Crippen molar-refractivity contribution in [2.45, 2.75) is 19.6 Å². The molecule has 1 fully saturated rings. The molecule has 0 amide bonds. The molecule has 0 aliphatic carbocycles. The van der Waals surface area contributed by atoms with Crippen LogP contribution in [0.3, 0.4) is 0 Å². The maximum Gasteiger partial charge on any atom is 0.191 e. The van der Waals surface area contributed by atoms with Gasteiger partial charge in [-0.1, -0.05) is 0 Å². The lowest BCUT2D eigenvalue weighted by molar-refractivity contribution is -0.0161. The van der Waals surface area contributed by atoms with E-state index in [0.717, 1.165) is 25.2 Å². The second-order valence-electron chi connectivity index (χ2n) is 5.57. The summed E-state index contributed by atoms with van der Waals surface area (Å²) in [7, 11) is 2.06. The third-order valence-electron chi connectivity index (χ3n) is 3.60. The average Bonchev–Trinajstić information content (AvgIpc) is 2.53. The molecule has 24 heavy (non-hydrogen) atoms. The van der Waals surface area contributed by atoms with Gasteiger partial charge in [0.15, 0.2) is 5.96 Å². The van der Waals surface area contributed by atoms with Gasteiger partial charge in [-0.3, -0.25) is 0 Å². The molecule has 1 aromatic rings. The third kappa shape index (κ3) is 6.86. The van der Waals surface area contributed by atoms with Gasteiger partial charge in [0.1, 0.15) is 11.6 Å². The van der Waals surface area contributed by atoms with Crippen LogP contribution in [0.5, 0.6) is 0 Å². The molecule has 0 aromatic heterocycles. The Balaban J connectivity index is 0.00000288. The Morgan fingerprint density at radius 1 is 1.38 bits per heavy atom. The van der Waals surface area contributed by atoms with Crippen LogP contribution >= 0.6 is 24.0 Å². The van der Waals surface area contributed by atoms with Crippen molar-refractivity contribution in [3.63, 3.8) is 0 Å². The molecule has 1 aromatic carbocycles. The zero-order valence-corrected chi connectivity index (χ0v) is 16.3. The van der Waals surface area contributed by atoms with Crippen molar-refractivity contribution >= 4 is 29.9 Å². The van der Waals surface area contributed by atoms with Crippen LogP contribution in [0.4, 0.5) is 8.78 Å². The molecular weight excluding hydrogens is 429 g/mol. The van der Waals surface area contributed by atoms with Gasteiger partial charge in [0.05, 0.1) is 19.3 Å². The Kier molecular flexibility index (Phi) is 9.45. The molecule has 0 bridgehead atoms. The first kappa shape index (κ1) is 21.0. The fraction of sp³-hybridized carbons (Fsp3) is 0.562. The van der Waals surface area contributed by atoms with Gasteiger partial charge in [0.25, 0.3) is 0 Å². The van der Waals surface area contributed by atoms with Gasteiger partial charge in [0, 0.05) is 31.7 Å². The molecule has 8 heteroatoms. The highest BCUT2D eigenvalue weighted by Gasteiger charge is 2.17. The van der Waals surface area contributed by atoms with Crippen molar-refractivity contribution in [2.75, 3.05) is 39.8 Å². The molecule has 2 rings (SSSR count). The quantitative estimate of drug-likeness (QED) is 0.406. The van der Waals surface area contributed by atoms with E-state index in [2.05, 4.69) is 27.6 Å². The standard InChI is InChI=1S/C16H24F2N4O.HI/c1-3-19-16(21-10-14-11-22(2)6-7-23-14)20-9-12-8-13(17)4-5-15(12)18;/h4-5,8,14H,3,6-7,9-11H2,1-2H3,(H2,19,20,21);1H. The van der Waals surface area contributed by atoms with Gasteiger partial charge in [-0.2, -0.15) is 0 Å². The van der Waals surface area contributed by atoms with Gasteiger partial charge in [-0.25, -0.2) is 13.8 Å². The van der Waals surface area contributed by atoms with Gasteiger partial charge < -0.3 is 20.3 Å². The van der Waals surface area contributed by atoms with Gasteiger partial charge in [-0.05, 0) is 32.2 Å². The minimum atomic E-state index is -0.465. The number of likely N-dealkylation sites (N-methyl/N-ethyl adjacent to an activating group) is 1. The number of aliphatic imine (C=N–C) groups is 1. The van der Waals surface area contributed by atoms with E-state index in [-0.39, 0.29) is 42.2 Å². The summed E-state index contributed by atoms with van der Waals surface area (Å²) in [5.74, 6) is -0.357. The molecule has 1 aliphatic heterocycles. The number of nitrogens with zero attached hydrogens (tertiary/aromatic N) is 2. The minimum absolute atomic E-state index is 0. The Labute approximate surface area is 158 Å².